The summed E-state index contributed by atoms with van der Waals surface area (Å²) >= 11 is 0. The van der Waals surface area contributed by atoms with Crippen molar-refractivity contribution in [1.29, 1.82) is 5.26 Å². The number of rotatable bonds is 9. The lowest BCUT2D eigenvalue weighted by Gasteiger charge is -2.11. The molecule has 0 saturated carbocycles. The predicted molar refractivity (Wildman–Crippen MR) is 136 cm³/mol. The molecule has 0 spiro atoms. The Morgan fingerprint density at radius 3 is 2.31 bits per heavy atom. The van der Waals surface area contributed by atoms with Gasteiger partial charge in [0.05, 0.1) is 6.61 Å². The number of aryl methyl sites for hydroxylation is 2. The molecule has 7 nitrogen and oxygen atoms in total. The van der Waals surface area contributed by atoms with E-state index in [-0.39, 0.29) is 18.1 Å². The largest absolute Gasteiger partial charge is 0.494 e. The molecule has 3 rings (SSSR count). The fourth-order valence-corrected chi connectivity index (χ4v) is 3.19. The number of para-hydroxylation sites is 1. The first-order chi connectivity index (χ1) is 16.9. The summed E-state index contributed by atoms with van der Waals surface area (Å²) in [5, 5.41) is 15.1. The van der Waals surface area contributed by atoms with Crippen LogP contribution in [0.3, 0.4) is 0 Å². The van der Waals surface area contributed by atoms with Crippen LogP contribution in [-0.4, -0.2) is 25.0 Å². The highest BCUT2D eigenvalue weighted by atomic mass is 16.5. The van der Waals surface area contributed by atoms with Crippen molar-refractivity contribution in [3.8, 4) is 17.6 Å². The molecule has 0 aromatic heterocycles. The molecule has 0 bridgehead atoms. The zero-order valence-electron chi connectivity index (χ0n) is 19.9. The van der Waals surface area contributed by atoms with Crippen LogP contribution in [0.5, 0.6) is 11.5 Å². The summed E-state index contributed by atoms with van der Waals surface area (Å²) in [5.41, 5.74) is 3.84. The van der Waals surface area contributed by atoms with Crippen LogP contribution in [0.1, 0.15) is 23.6 Å². The first-order valence-corrected chi connectivity index (χ1v) is 11.1. The number of hydrogen-bond donors (Lipinski definition) is 2. The first kappa shape index (κ1) is 25.1. The van der Waals surface area contributed by atoms with Crippen molar-refractivity contribution < 1.29 is 19.1 Å². The van der Waals surface area contributed by atoms with Gasteiger partial charge in [0.25, 0.3) is 11.8 Å². The molecular weight excluding hydrogens is 442 g/mol. The van der Waals surface area contributed by atoms with Gasteiger partial charge in [0.2, 0.25) is 0 Å². The van der Waals surface area contributed by atoms with Gasteiger partial charge >= 0.3 is 0 Å². The summed E-state index contributed by atoms with van der Waals surface area (Å²) in [6.45, 7) is 6.18. The number of nitrogens with one attached hydrogen (secondary N) is 2. The normalized spacial score (nSPS) is 10.7. The third-order valence-electron chi connectivity index (χ3n) is 5.16. The molecule has 0 atom stereocenters. The Kier molecular flexibility index (Phi) is 8.63. The number of benzene rings is 3. The predicted octanol–water partition coefficient (Wildman–Crippen LogP) is 5.27. The minimum absolute atomic E-state index is 0.102. The average molecular weight is 470 g/mol. The van der Waals surface area contributed by atoms with E-state index < -0.39 is 5.91 Å². The van der Waals surface area contributed by atoms with E-state index in [1.54, 1.807) is 48.5 Å². The Hall–Kier alpha value is -4.57. The van der Waals surface area contributed by atoms with Gasteiger partial charge in [-0.15, -0.1) is 0 Å². The number of carbonyl (C=O) groups excluding carboxylic acids is 2. The van der Waals surface area contributed by atoms with Gasteiger partial charge in [0, 0.05) is 16.9 Å². The summed E-state index contributed by atoms with van der Waals surface area (Å²) < 4.78 is 11.1. The maximum absolute atomic E-state index is 12.7. The SMILES string of the molecule is CCOc1ccc(NC(=O)/C(C#N)=C/c2ccccc2OCC(=O)Nc2ccc(C)c(C)c2)cc1. The van der Waals surface area contributed by atoms with E-state index in [1.165, 1.54) is 6.08 Å². The van der Waals surface area contributed by atoms with Crippen molar-refractivity contribution in [3.63, 3.8) is 0 Å². The highest BCUT2D eigenvalue weighted by molar-refractivity contribution is 6.09. The van der Waals surface area contributed by atoms with Crippen LogP contribution in [0.4, 0.5) is 11.4 Å². The Bertz CT molecular complexity index is 1270. The second kappa shape index (κ2) is 12.1. The number of hydrogen-bond acceptors (Lipinski definition) is 5. The van der Waals surface area contributed by atoms with Crippen molar-refractivity contribution in [2.24, 2.45) is 0 Å². The molecule has 3 aromatic carbocycles. The fraction of sp³-hybridized carbons (Fsp3) is 0.179. The third kappa shape index (κ3) is 7.21. The highest BCUT2D eigenvalue weighted by Gasteiger charge is 2.12. The Morgan fingerprint density at radius 1 is 0.914 bits per heavy atom. The summed E-state index contributed by atoms with van der Waals surface area (Å²) in [4.78, 5) is 25.0. The lowest BCUT2D eigenvalue weighted by molar-refractivity contribution is -0.118. The quantitative estimate of drug-likeness (QED) is 0.329. The van der Waals surface area contributed by atoms with Crippen molar-refractivity contribution in [2.45, 2.75) is 20.8 Å². The molecule has 0 aliphatic heterocycles. The summed E-state index contributed by atoms with van der Waals surface area (Å²) in [7, 11) is 0. The number of carbonyl (C=O) groups is 2. The minimum Gasteiger partial charge on any atom is -0.494 e. The van der Waals surface area contributed by atoms with Gasteiger partial charge in [-0.25, -0.2) is 0 Å². The van der Waals surface area contributed by atoms with Crippen LogP contribution in [0.15, 0.2) is 72.3 Å². The highest BCUT2D eigenvalue weighted by Crippen LogP contribution is 2.22. The van der Waals surface area contributed by atoms with Crippen molar-refractivity contribution >= 4 is 29.3 Å². The molecule has 35 heavy (non-hydrogen) atoms. The average Bonchev–Trinajstić information content (AvgIpc) is 2.85. The summed E-state index contributed by atoms with van der Waals surface area (Å²) in [5.74, 6) is 0.193. The van der Waals surface area contributed by atoms with Gasteiger partial charge in [-0.1, -0.05) is 24.3 Å². The van der Waals surface area contributed by atoms with Crippen molar-refractivity contribution in [3.05, 3.63) is 89.0 Å². The molecule has 0 aliphatic rings. The molecule has 0 aliphatic carbocycles. The summed E-state index contributed by atoms with van der Waals surface area (Å²) in [6.07, 6.45) is 1.43. The standard InChI is InChI=1S/C28H27N3O4/c1-4-34-25-13-11-23(12-14-25)31-28(33)22(17-29)16-21-7-5-6-8-26(21)35-18-27(32)30-24-10-9-19(2)20(3)15-24/h5-16H,4,18H2,1-3H3,(H,30,32)(H,31,33)/b22-16+. The van der Waals surface area contributed by atoms with Gasteiger partial charge < -0.3 is 20.1 Å². The van der Waals surface area contributed by atoms with Crippen LogP contribution < -0.4 is 20.1 Å². The molecular formula is C28H27N3O4. The number of amides is 2. The lowest BCUT2D eigenvalue weighted by Crippen LogP contribution is -2.20. The van der Waals surface area contributed by atoms with E-state index >= 15 is 0 Å². The maximum Gasteiger partial charge on any atom is 0.266 e. The van der Waals surface area contributed by atoms with Gasteiger partial charge in [-0.3, -0.25) is 9.59 Å². The topological polar surface area (TPSA) is 100 Å². The molecule has 0 heterocycles. The lowest BCUT2D eigenvalue weighted by atomic mass is 10.1. The summed E-state index contributed by atoms with van der Waals surface area (Å²) in [6, 6.07) is 21.3. The molecule has 7 heteroatoms. The van der Waals surface area contributed by atoms with E-state index in [4.69, 9.17) is 9.47 Å². The Balaban J connectivity index is 1.67. The van der Waals surface area contributed by atoms with Crippen LogP contribution in [0, 0.1) is 25.2 Å². The van der Waals surface area contributed by atoms with Gasteiger partial charge in [-0.2, -0.15) is 5.26 Å². The zero-order valence-corrected chi connectivity index (χ0v) is 19.9. The Morgan fingerprint density at radius 2 is 1.63 bits per heavy atom. The minimum atomic E-state index is -0.557. The van der Waals surface area contributed by atoms with Gasteiger partial charge in [0.15, 0.2) is 6.61 Å². The number of nitriles is 1. The van der Waals surface area contributed by atoms with E-state index in [0.29, 0.717) is 35.0 Å². The second-order valence-corrected chi connectivity index (χ2v) is 7.76. The van der Waals surface area contributed by atoms with E-state index in [1.807, 2.05) is 45.0 Å². The van der Waals surface area contributed by atoms with Crippen LogP contribution in [0.2, 0.25) is 0 Å². The van der Waals surface area contributed by atoms with Crippen LogP contribution in [-0.2, 0) is 9.59 Å². The molecule has 178 valence electrons. The smallest absolute Gasteiger partial charge is 0.266 e. The molecule has 3 aromatic rings. The number of ether oxygens (including phenoxy) is 2. The molecule has 2 amide bonds. The van der Waals surface area contributed by atoms with Gasteiger partial charge in [0.1, 0.15) is 23.1 Å². The van der Waals surface area contributed by atoms with Crippen molar-refractivity contribution in [2.75, 3.05) is 23.8 Å². The van der Waals surface area contributed by atoms with E-state index in [2.05, 4.69) is 10.6 Å². The molecule has 0 fully saturated rings. The molecule has 0 radical (unpaired) electrons. The maximum atomic E-state index is 12.7. The van der Waals surface area contributed by atoms with E-state index in [0.717, 1.165) is 11.1 Å². The second-order valence-electron chi connectivity index (χ2n) is 7.76. The van der Waals surface area contributed by atoms with Crippen molar-refractivity contribution in [1.82, 2.24) is 0 Å². The van der Waals surface area contributed by atoms with Crippen LogP contribution in [0.25, 0.3) is 6.08 Å². The third-order valence-corrected chi connectivity index (χ3v) is 5.16. The fourth-order valence-electron chi connectivity index (χ4n) is 3.19. The molecule has 0 saturated heterocycles. The first-order valence-electron chi connectivity index (χ1n) is 11.1. The molecule has 0 unspecified atom stereocenters. The van der Waals surface area contributed by atoms with E-state index in [9.17, 15) is 14.9 Å². The van der Waals surface area contributed by atoms with Gasteiger partial charge in [-0.05, 0) is 80.4 Å². The van der Waals surface area contributed by atoms with Crippen LogP contribution >= 0.6 is 0 Å². The zero-order chi connectivity index (χ0) is 25.2. The number of nitrogens with zero attached hydrogens (tertiary/aromatic N) is 1. The monoisotopic (exact) mass is 469 g/mol. The number of anilines is 2. The Labute approximate surface area is 205 Å². The molecule has 2 N–H and O–H groups in total.